The number of para-hydroxylation sites is 1. The molecule has 0 aromatic heterocycles. The quantitative estimate of drug-likeness (QED) is 0.758. The Labute approximate surface area is 166 Å². The van der Waals surface area contributed by atoms with E-state index in [0.717, 1.165) is 17.0 Å². The van der Waals surface area contributed by atoms with Crippen LogP contribution in [0, 0.1) is 6.92 Å². The Bertz CT molecular complexity index is 927. The highest BCUT2D eigenvalue weighted by atomic mass is 16.5. The van der Waals surface area contributed by atoms with Crippen molar-refractivity contribution in [3.05, 3.63) is 65.4 Å². The third-order valence-electron chi connectivity index (χ3n) is 4.55. The molecule has 0 aliphatic carbocycles. The van der Waals surface area contributed by atoms with Gasteiger partial charge in [-0.1, -0.05) is 30.3 Å². The zero-order valence-corrected chi connectivity index (χ0v) is 16.9. The topological polar surface area (TPSA) is 58.6 Å². The van der Waals surface area contributed by atoms with Crippen molar-refractivity contribution >= 4 is 23.1 Å². The van der Waals surface area contributed by atoms with Crippen LogP contribution in [0.4, 0.5) is 5.69 Å². The lowest BCUT2D eigenvalue weighted by Crippen LogP contribution is -2.38. The van der Waals surface area contributed by atoms with Crippen LogP contribution in [0.15, 0.2) is 54.2 Å². The van der Waals surface area contributed by atoms with E-state index in [1.165, 1.54) is 4.90 Å². The van der Waals surface area contributed by atoms with Gasteiger partial charge in [0.15, 0.2) is 0 Å². The number of carbonyl (C=O) groups is 2. The highest BCUT2D eigenvalue weighted by Gasteiger charge is 2.40. The number of hydrogen-bond donors (Lipinski definition) is 1. The van der Waals surface area contributed by atoms with Gasteiger partial charge in [-0.15, -0.1) is 0 Å². The molecule has 3 rings (SSSR count). The van der Waals surface area contributed by atoms with Crippen LogP contribution in [0.2, 0.25) is 0 Å². The van der Waals surface area contributed by atoms with Crippen molar-refractivity contribution in [2.75, 3.05) is 5.32 Å². The van der Waals surface area contributed by atoms with E-state index in [0.29, 0.717) is 16.8 Å². The lowest BCUT2D eigenvalue weighted by atomic mass is 10.0. The minimum atomic E-state index is -0.305. The Morgan fingerprint density at radius 1 is 0.893 bits per heavy atom. The molecule has 1 aliphatic heterocycles. The summed E-state index contributed by atoms with van der Waals surface area (Å²) in [5.41, 5.74) is 3.19. The van der Waals surface area contributed by atoms with E-state index in [1.807, 2.05) is 83.1 Å². The van der Waals surface area contributed by atoms with Gasteiger partial charge in [-0.05, 0) is 63.9 Å². The molecule has 0 spiro atoms. The molecule has 0 bridgehead atoms. The van der Waals surface area contributed by atoms with Gasteiger partial charge in [-0.25, -0.2) is 0 Å². The second-order valence-corrected chi connectivity index (χ2v) is 7.45. The minimum Gasteiger partial charge on any atom is -0.491 e. The van der Waals surface area contributed by atoms with Gasteiger partial charge < -0.3 is 10.1 Å². The summed E-state index contributed by atoms with van der Waals surface area (Å²) in [6.45, 7) is 9.55. The van der Waals surface area contributed by atoms with Gasteiger partial charge >= 0.3 is 0 Å². The SMILES string of the molecule is Cc1ccccc1NC1=C(c2ccc(OC(C)C)cc2)C(=O)N(C(C)C)C1=O. The summed E-state index contributed by atoms with van der Waals surface area (Å²) in [6.07, 6.45) is 0.0643. The second kappa shape index (κ2) is 7.89. The van der Waals surface area contributed by atoms with Crippen LogP contribution in [0.3, 0.4) is 0 Å². The first-order valence-corrected chi connectivity index (χ1v) is 9.51. The molecule has 0 radical (unpaired) electrons. The number of aryl methyl sites for hydroxylation is 1. The Kier molecular flexibility index (Phi) is 5.54. The molecule has 1 N–H and O–H groups in total. The molecule has 28 heavy (non-hydrogen) atoms. The van der Waals surface area contributed by atoms with Crippen molar-refractivity contribution in [2.24, 2.45) is 0 Å². The van der Waals surface area contributed by atoms with Gasteiger partial charge in [0, 0.05) is 11.7 Å². The number of benzene rings is 2. The summed E-state index contributed by atoms with van der Waals surface area (Å²) in [4.78, 5) is 27.4. The fourth-order valence-electron chi connectivity index (χ4n) is 3.22. The van der Waals surface area contributed by atoms with Crippen LogP contribution in [0.1, 0.15) is 38.8 Å². The molecule has 2 aromatic rings. The summed E-state index contributed by atoms with van der Waals surface area (Å²) in [5, 5.41) is 3.21. The number of rotatable bonds is 6. The van der Waals surface area contributed by atoms with Crippen molar-refractivity contribution in [1.29, 1.82) is 0 Å². The number of amides is 2. The number of carbonyl (C=O) groups excluding carboxylic acids is 2. The molecule has 0 atom stereocenters. The first kappa shape index (κ1) is 19.7. The van der Waals surface area contributed by atoms with Crippen molar-refractivity contribution < 1.29 is 14.3 Å². The number of anilines is 1. The Morgan fingerprint density at radius 3 is 2.11 bits per heavy atom. The fraction of sp³-hybridized carbons (Fsp3) is 0.304. The Hall–Kier alpha value is -3.08. The molecule has 2 amide bonds. The molecule has 0 fully saturated rings. The predicted octanol–water partition coefficient (Wildman–Crippen LogP) is 4.38. The molecule has 1 heterocycles. The summed E-state index contributed by atoms with van der Waals surface area (Å²) >= 11 is 0. The van der Waals surface area contributed by atoms with Crippen LogP contribution in [0.5, 0.6) is 5.75 Å². The van der Waals surface area contributed by atoms with Crippen LogP contribution >= 0.6 is 0 Å². The number of ether oxygens (including phenoxy) is 1. The maximum absolute atomic E-state index is 13.1. The average Bonchev–Trinajstić information content (AvgIpc) is 2.87. The van der Waals surface area contributed by atoms with Gasteiger partial charge in [-0.2, -0.15) is 0 Å². The summed E-state index contributed by atoms with van der Waals surface area (Å²) in [7, 11) is 0. The monoisotopic (exact) mass is 378 g/mol. The fourth-order valence-corrected chi connectivity index (χ4v) is 3.22. The molecular formula is C23H26N2O3. The molecule has 5 nitrogen and oxygen atoms in total. The van der Waals surface area contributed by atoms with E-state index in [4.69, 9.17) is 4.74 Å². The number of nitrogens with zero attached hydrogens (tertiary/aromatic N) is 1. The Morgan fingerprint density at radius 2 is 1.54 bits per heavy atom. The maximum atomic E-state index is 13.1. The van der Waals surface area contributed by atoms with E-state index >= 15 is 0 Å². The predicted molar refractivity (Wildman–Crippen MR) is 111 cm³/mol. The second-order valence-electron chi connectivity index (χ2n) is 7.45. The van der Waals surface area contributed by atoms with Crippen LogP contribution < -0.4 is 10.1 Å². The number of imide groups is 1. The summed E-state index contributed by atoms with van der Waals surface area (Å²) in [5.74, 6) is 0.139. The van der Waals surface area contributed by atoms with E-state index in [1.54, 1.807) is 0 Å². The molecule has 1 aliphatic rings. The first-order valence-electron chi connectivity index (χ1n) is 9.51. The van der Waals surface area contributed by atoms with Gasteiger partial charge in [0.2, 0.25) is 0 Å². The Balaban J connectivity index is 2.05. The van der Waals surface area contributed by atoms with E-state index in [2.05, 4.69) is 5.32 Å². The van der Waals surface area contributed by atoms with Crippen LogP contribution in [-0.2, 0) is 9.59 Å². The third-order valence-corrected chi connectivity index (χ3v) is 4.55. The van der Waals surface area contributed by atoms with E-state index in [9.17, 15) is 9.59 Å². The zero-order valence-electron chi connectivity index (χ0n) is 16.9. The van der Waals surface area contributed by atoms with Crippen LogP contribution in [0.25, 0.3) is 5.57 Å². The minimum absolute atomic E-state index is 0.0643. The van der Waals surface area contributed by atoms with Gasteiger partial charge in [0.1, 0.15) is 11.4 Å². The molecule has 5 heteroatoms. The lowest BCUT2D eigenvalue weighted by molar-refractivity contribution is -0.138. The molecule has 0 saturated carbocycles. The van der Waals surface area contributed by atoms with Gasteiger partial charge in [0.05, 0.1) is 11.7 Å². The molecule has 146 valence electrons. The lowest BCUT2D eigenvalue weighted by Gasteiger charge is -2.19. The smallest absolute Gasteiger partial charge is 0.278 e. The highest BCUT2D eigenvalue weighted by molar-refractivity contribution is 6.36. The van der Waals surface area contributed by atoms with Crippen molar-refractivity contribution in [2.45, 2.75) is 46.8 Å². The molecule has 0 unspecified atom stereocenters. The molecule has 0 saturated heterocycles. The van der Waals surface area contributed by atoms with E-state index < -0.39 is 0 Å². The van der Waals surface area contributed by atoms with Crippen molar-refractivity contribution in [1.82, 2.24) is 4.90 Å². The summed E-state index contributed by atoms with van der Waals surface area (Å²) < 4.78 is 5.68. The highest BCUT2D eigenvalue weighted by Crippen LogP contribution is 2.33. The molecule has 2 aromatic carbocycles. The average molecular weight is 378 g/mol. The van der Waals surface area contributed by atoms with Crippen molar-refractivity contribution in [3.63, 3.8) is 0 Å². The number of hydrogen-bond acceptors (Lipinski definition) is 4. The first-order chi connectivity index (χ1) is 13.3. The molecular weight excluding hydrogens is 352 g/mol. The standard InChI is InChI=1S/C23H26N2O3/c1-14(2)25-22(26)20(17-10-12-18(13-11-17)28-15(3)4)21(23(25)27)24-19-9-7-6-8-16(19)5/h6-15,24H,1-5H3. The number of nitrogens with one attached hydrogen (secondary N) is 1. The van der Waals surface area contributed by atoms with Gasteiger partial charge in [-0.3, -0.25) is 14.5 Å². The maximum Gasteiger partial charge on any atom is 0.278 e. The van der Waals surface area contributed by atoms with Crippen LogP contribution in [-0.4, -0.2) is 28.9 Å². The van der Waals surface area contributed by atoms with Gasteiger partial charge in [0.25, 0.3) is 11.8 Å². The normalized spacial score (nSPS) is 14.5. The van der Waals surface area contributed by atoms with E-state index in [-0.39, 0.29) is 24.0 Å². The third kappa shape index (κ3) is 3.79. The largest absolute Gasteiger partial charge is 0.491 e. The zero-order chi connectivity index (χ0) is 20.4. The summed E-state index contributed by atoms with van der Waals surface area (Å²) in [6, 6.07) is 14.8. The van der Waals surface area contributed by atoms with Crippen molar-refractivity contribution in [3.8, 4) is 5.75 Å².